The van der Waals surface area contributed by atoms with Gasteiger partial charge in [-0.3, -0.25) is 9.59 Å². The molecule has 2 aromatic carbocycles. The number of rotatable bonds is 6. The summed E-state index contributed by atoms with van der Waals surface area (Å²) in [5, 5.41) is 12.7. The number of anilines is 2. The third kappa shape index (κ3) is 3.34. The fourth-order valence-corrected chi connectivity index (χ4v) is 3.11. The van der Waals surface area contributed by atoms with E-state index in [1.165, 1.54) is 0 Å². The average molecular weight is 329 g/mol. The minimum atomic E-state index is -0.476. The second-order valence-corrected chi connectivity index (χ2v) is 6.39. The summed E-state index contributed by atoms with van der Waals surface area (Å²) in [6, 6.07) is 9.49. The van der Waals surface area contributed by atoms with Crippen LogP contribution in [-0.2, 0) is 6.42 Å². The van der Waals surface area contributed by atoms with Gasteiger partial charge >= 0.3 is 0 Å². The van der Waals surface area contributed by atoms with Crippen LogP contribution in [0.5, 0.6) is 0 Å². The van der Waals surface area contributed by atoms with Gasteiger partial charge in [0.2, 0.25) is 0 Å². The van der Waals surface area contributed by atoms with Crippen LogP contribution in [-0.4, -0.2) is 55.9 Å². The van der Waals surface area contributed by atoms with Crippen molar-refractivity contribution in [1.29, 1.82) is 0 Å². The lowest BCUT2D eigenvalue weighted by atomic mass is 10.0. The molecule has 128 valence electrons. The van der Waals surface area contributed by atoms with Gasteiger partial charge in [-0.25, -0.2) is 0 Å². The van der Waals surface area contributed by atoms with E-state index in [-0.39, 0.29) is 12.6 Å². The highest BCUT2D eigenvalue weighted by atomic mass is 16.3. The largest absolute Gasteiger partial charge is 0.394 e. The van der Waals surface area contributed by atoms with E-state index >= 15 is 0 Å². The zero-order chi connectivity index (χ0) is 17.1. The normalized spacial score (nSPS) is 17.2. The Hall–Kier alpha value is -2.18. The lowest BCUT2D eigenvalue weighted by Crippen LogP contribution is -2.51. The number of benzene rings is 1. The monoisotopic (exact) mass is 329 g/mol. The van der Waals surface area contributed by atoms with Gasteiger partial charge in [-0.2, -0.15) is 0 Å². The van der Waals surface area contributed by atoms with Crippen molar-refractivity contribution in [3.63, 3.8) is 0 Å². The molecule has 0 aliphatic carbocycles. The van der Waals surface area contributed by atoms with Gasteiger partial charge in [0.05, 0.1) is 12.6 Å². The second-order valence-electron chi connectivity index (χ2n) is 6.39. The Morgan fingerprint density at radius 3 is 2.38 bits per heavy atom. The van der Waals surface area contributed by atoms with Gasteiger partial charge < -0.3 is 20.2 Å². The SMILES string of the molecule is CN1CCN(c2c(N[C@@H](CO)Cc3ccccc3)c(=O)c2=O)CC1. The van der Waals surface area contributed by atoms with E-state index in [2.05, 4.69) is 10.2 Å². The van der Waals surface area contributed by atoms with Crippen molar-refractivity contribution >= 4 is 11.4 Å². The molecule has 0 spiro atoms. The first-order valence-electron chi connectivity index (χ1n) is 8.28. The predicted molar refractivity (Wildman–Crippen MR) is 95.7 cm³/mol. The van der Waals surface area contributed by atoms with Crippen molar-refractivity contribution in [1.82, 2.24) is 4.90 Å². The topological polar surface area (TPSA) is 72.9 Å². The van der Waals surface area contributed by atoms with E-state index in [9.17, 15) is 14.7 Å². The summed E-state index contributed by atoms with van der Waals surface area (Å²) in [6.07, 6.45) is 0.596. The summed E-state index contributed by atoms with van der Waals surface area (Å²) in [7, 11) is 2.04. The highest BCUT2D eigenvalue weighted by Gasteiger charge is 2.29. The fraction of sp³-hybridized carbons (Fsp3) is 0.444. The summed E-state index contributed by atoms with van der Waals surface area (Å²) < 4.78 is 0. The molecule has 0 bridgehead atoms. The van der Waals surface area contributed by atoms with Crippen molar-refractivity contribution in [3.8, 4) is 0 Å². The zero-order valence-corrected chi connectivity index (χ0v) is 13.9. The number of aliphatic hydroxyl groups is 1. The molecule has 3 rings (SSSR count). The minimum Gasteiger partial charge on any atom is -0.394 e. The summed E-state index contributed by atoms with van der Waals surface area (Å²) in [5.74, 6) is 0. The Bertz CT molecular complexity index is 745. The van der Waals surface area contributed by atoms with Gasteiger partial charge in [-0.15, -0.1) is 0 Å². The molecule has 0 radical (unpaired) electrons. The lowest BCUT2D eigenvalue weighted by Gasteiger charge is -2.35. The molecule has 1 aliphatic rings. The van der Waals surface area contributed by atoms with Gasteiger partial charge in [0.1, 0.15) is 11.4 Å². The van der Waals surface area contributed by atoms with Crippen LogP contribution in [0.25, 0.3) is 0 Å². The van der Waals surface area contributed by atoms with Crippen molar-refractivity contribution in [2.45, 2.75) is 12.5 Å². The van der Waals surface area contributed by atoms with Crippen molar-refractivity contribution < 1.29 is 5.11 Å². The third-order valence-electron chi connectivity index (χ3n) is 4.60. The van der Waals surface area contributed by atoms with Crippen LogP contribution < -0.4 is 21.1 Å². The quantitative estimate of drug-likeness (QED) is 0.730. The molecule has 0 unspecified atom stereocenters. The van der Waals surface area contributed by atoms with Crippen LogP contribution in [0.1, 0.15) is 5.56 Å². The molecular weight excluding hydrogens is 306 g/mol. The molecule has 0 amide bonds. The molecule has 6 heteroatoms. The molecule has 6 nitrogen and oxygen atoms in total. The van der Waals surface area contributed by atoms with Crippen LogP contribution in [0.2, 0.25) is 0 Å². The molecule has 1 atom stereocenters. The molecule has 1 fully saturated rings. The maximum atomic E-state index is 12.0. The Labute approximate surface area is 141 Å². The number of nitrogens with one attached hydrogen (secondary N) is 1. The molecule has 2 aromatic rings. The number of nitrogens with zero attached hydrogens (tertiary/aromatic N) is 2. The number of piperazine rings is 1. The van der Waals surface area contributed by atoms with Crippen LogP contribution in [0.4, 0.5) is 11.4 Å². The van der Waals surface area contributed by atoms with Crippen molar-refractivity contribution in [2.24, 2.45) is 0 Å². The Kier molecular flexibility index (Phi) is 4.97. The number of likely N-dealkylation sites (N-methyl/N-ethyl adjacent to an activating group) is 1. The predicted octanol–water partition coefficient (Wildman–Crippen LogP) is 0.0499. The summed E-state index contributed by atoms with van der Waals surface area (Å²) in [6.45, 7) is 3.10. The Balaban J connectivity index is 1.73. The molecule has 2 N–H and O–H groups in total. The van der Waals surface area contributed by atoms with Crippen LogP contribution in [0.15, 0.2) is 39.9 Å². The molecule has 24 heavy (non-hydrogen) atoms. The summed E-state index contributed by atoms with van der Waals surface area (Å²) in [4.78, 5) is 28.2. The number of hydrogen-bond donors (Lipinski definition) is 2. The Morgan fingerprint density at radius 2 is 1.75 bits per heavy atom. The zero-order valence-electron chi connectivity index (χ0n) is 13.9. The van der Waals surface area contributed by atoms with Gasteiger partial charge in [0, 0.05) is 26.2 Å². The van der Waals surface area contributed by atoms with Gasteiger partial charge in [-0.05, 0) is 19.0 Å². The highest BCUT2D eigenvalue weighted by molar-refractivity contribution is 5.75. The van der Waals surface area contributed by atoms with Crippen LogP contribution in [0, 0.1) is 0 Å². The van der Waals surface area contributed by atoms with Crippen molar-refractivity contribution in [2.75, 3.05) is 50.1 Å². The smallest absolute Gasteiger partial charge is 0.253 e. The van der Waals surface area contributed by atoms with E-state index in [0.717, 1.165) is 31.7 Å². The molecule has 0 saturated carbocycles. The maximum absolute atomic E-state index is 12.0. The molecular formula is C18H23N3O3. The average Bonchev–Trinajstić information content (AvgIpc) is 2.62. The Morgan fingerprint density at radius 1 is 1.08 bits per heavy atom. The fourth-order valence-electron chi connectivity index (χ4n) is 3.11. The molecule has 1 saturated heterocycles. The third-order valence-corrected chi connectivity index (χ3v) is 4.60. The first-order chi connectivity index (χ1) is 11.6. The highest BCUT2D eigenvalue weighted by Crippen LogP contribution is 2.22. The summed E-state index contributed by atoms with van der Waals surface area (Å²) in [5.41, 5.74) is 1.02. The molecule has 1 heterocycles. The number of aliphatic hydroxyl groups excluding tert-OH is 1. The standard InChI is InChI=1S/C18H23N3O3/c1-20-7-9-21(10-8-20)16-15(17(23)18(16)24)19-14(12-22)11-13-5-3-2-4-6-13/h2-6,14,19,22H,7-12H2,1H3/t14-/m1/s1. The van der Waals surface area contributed by atoms with E-state index in [4.69, 9.17) is 0 Å². The first kappa shape index (κ1) is 16.7. The van der Waals surface area contributed by atoms with Gasteiger partial charge in [0.25, 0.3) is 10.9 Å². The van der Waals surface area contributed by atoms with Gasteiger partial charge in [0.15, 0.2) is 0 Å². The maximum Gasteiger partial charge on any atom is 0.253 e. The minimum absolute atomic E-state index is 0.101. The van der Waals surface area contributed by atoms with Crippen LogP contribution >= 0.6 is 0 Å². The van der Waals surface area contributed by atoms with Crippen LogP contribution in [0.3, 0.4) is 0 Å². The number of hydrogen-bond acceptors (Lipinski definition) is 6. The second kappa shape index (κ2) is 7.15. The van der Waals surface area contributed by atoms with E-state index in [1.807, 2.05) is 42.3 Å². The van der Waals surface area contributed by atoms with E-state index < -0.39 is 10.9 Å². The van der Waals surface area contributed by atoms with Crippen molar-refractivity contribution in [3.05, 3.63) is 56.3 Å². The molecule has 1 aliphatic heterocycles. The molecule has 0 aromatic heterocycles. The summed E-state index contributed by atoms with van der Waals surface area (Å²) >= 11 is 0. The lowest BCUT2D eigenvalue weighted by molar-refractivity contribution is 0.273. The van der Waals surface area contributed by atoms with E-state index in [1.54, 1.807) is 0 Å². The van der Waals surface area contributed by atoms with E-state index in [0.29, 0.717) is 17.8 Å². The van der Waals surface area contributed by atoms with Gasteiger partial charge in [-0.1, -0.05) is 30.3 Å². The first-order valence-corrected chi connectivity index (χ1v) is 8.28.